The zero-order valence-electron chi connectivity index (χ0n) is 26.3. The van der Waals surface area contributed by atoms with Gasteiger partial charge in [0.2, 0.25) is 0 Å². The number of nitrogens with zero attached hydrogens (tertiary/aromatic N) is 1. The average Bonchev–Trinajstić information content (AvgIpc) is 3.53. The van der Waals surface area contributed by atoms with Crippen LogP contribution in [0.5, 0.6) is 5.75 Å². The Bertz CT molecular complexity index is 1550. The van der Waals surface area contributed by atoms with E-state index < -0.39 is 53.6 Å². The standard InChI is InChI=1S/C35H41ClF2N2O6S/c1-18-24(34-31(42)30(41)32(43)35(46-34)47-2)8-9-27(36)25(18)13-19-3-6-22(7-4-19)45-23-11-12-40(16-23)21-15-29(39)33(44-17-21)26-14-20(37)5-10-28(26)38/h3-10,14,21,23,29-35,41-43H,11-13,15-17,39H2,1-2H3/t21-,23-,29+,30-,31-,32+,33-,34+,35-/m1/s1. The second-order valence-corrected chi connectivity index (χ2v) is 14.0. The van der Waals surface area contributed by atoms with Gasteiger partial charge in [-0.1, -0.05) is 29.8 Å². The predicted octanol–water partition coefficient (Wildman–Crippen LogP) is 4.67. The van der Waals surface area contributed by atoms with Crippen molar-refractivity contribution in [2.45, 2.75) is 80.3 Å². The molecule has 0 unspecified atom stereocenters. The van der Waals surface area contributed by atoms with Gasteiger partial charge in [-0.3, -0.25) is 4.90 Å². The van der Waals surface area contributed by atoms with Crippen molar-refractivity contribution < 1.29 is 38.3 Å². The lowest BCUT2D eigenvalue weighted by Crippen LogP contribution is -2.53. The van der Waals surface area contributed by atoms with Crippen LogP contribution < -0.4 is 10.5 Å². The Balaban J connectivity index is 1.05. The molecule has 3 aromatic rings. The van der Waals surface area contributed by atoms with E-state index in [1.807, 2.05) is 31.2 Å². The van der Waals surface area contributed by atoms with Gasteiger partial charge in [0.05, 0.1) is 6.61 Å². The summed E-state index contributed by atoms with van der Waals surface area (Å²) in [5, 5.41) is 32.0. The maximum atomic E-state index is 14.3. The summed E-state index contributed by atoms with van der Waals surface area (Å²) in [6.07, 6.45) is -1.53. The number of hydrogen-bond acceptors (Lipinski definition) is 9. The first-order chi connectivity index (χ1) is 22.5. The summed E-state index contributed by atoms with van der Waals surface area (Å²) in [5.74, 6) is -0.276. The highest BCUT2D eigenvalue weighted by molar-refractivity contribution is 7.99. The van der Waals surface area contributed by atoms with Gasteiger partial charge in [-0.2, -0.15) is 0 Å². The summed E-state index contributed by atoms with van der Waals surface area (Å²) in [6, 6.07) is 14.4. The summed E-state index contributed by atoms with van der Waals surface area (Å²) in [6.45, 7) is 3.84. The van der Waals surface area contributed by atoms with Gasteiger partial charge < -0.3 is 35.3 Å². The third-order valence-corrected chi connectivity index (χ3v) is 10.9. The molecule has 0 saturated carbocycles. The van der Waals surface area contributed by atoms with E-state index in [2.05, 4.69) is 4.90 Å². The van der Waals surface area contributed by atoms with Gasteiger partial charge in [-0.15, -0.1) is 11.8 Å². The largest absolute Gasteiger partial charge is 0.489 e. The normalized spacial score (nSPS) is 31.6. The molecule has 8 nitrogen and oxygen atoms in total. The Morgan fingerprint density at radius 1 is 1.00 bits per heavy atom. The monoisotopic (exact) mass is 690 g/mol. The fraction of sp³-hybridized carbons (Fsp3) is 0.486. The van der Waals surface area contributed by atoms with Crippen molar-refractivity contribution in [3.63, 3.8) is 0 Å². The summed E-state index contributed by atoms with van der Waals surface area (Å²) >= 11 is 7.92. The molecular formula is C35H41ClF2N2O6S. The molecule has 47 heavy (non-hydrogen) atoms. The number of aliphatic hydroxyl groups is 3. The van der Waals surface area contributed by atoms with Gasteiger partial charge in [0.1, 0.15) is 59.4 Å². The number of thioether (sulfide) groups is 1. The van der Waals surface area contributed by atoms with E-state index in [-0.39, 0.29) is 17.7 Å². The molecule has 3 heterocycles. The highest BCUT2D eigenvalue weighted by Crippen LogP contribution is 2.39. The first kappa shape index (κ1) is 34.5. The van der Waals surface area contributed by atoms with Crippen molar-refractivity contribution in [3.8, 4) is 5.75 Å². The van der Waals surface area contributed by atoms with Crippen molar-refractivity contribution in [2.24, 2.45) is 5.73 Å². The summed E-state index contributed by atoms with van der Waals surface area (Å²) in [5.41, 5.74) is 9.36. The van der Waals surface area contributed by atoms with Crippen molar-refractivity contribution in [2.75, 3.05) is 26.0 Å². The van der Waals surface area contributed by atoms with Crippen molar-refractivity contribution >= 4 is 23.4 Å². The van der Waals surface area contributed by atoms with E-state index in [0.717, 1.165) is 53.6 Å². The number of benzene rings is 3. The van der Waals surface area contributed by atoms with Gasteiger partial charge in [0.25, 0.3) is 0 Å². The van der Waals surface area contributed by atoms with E-state index in [0.29, 0.717) is 36.6 Å². The van der Waals surface area contributed by atoms with Crippen LogP contribution in [-0.4, -0.2) is 88.1 Å². The molecule has 0 radical (unpaired) electrons. The zero-order chi connectivity index (χ0) is 33.4. The molecule has 3 saturated heterocycles. The minimum Gasteiger partial charge on any atom is -0.489 e. The number of hydrogen-bond donors (Lipinski definition) is 4. The second kappa shape index (κ2) is 14.7. The van der Waals surface area contributed by atoms with Crippen LogP contribution in [0.15, 0.2) is 54.6 Å². The second-order valence-electron chi connectivity index (χ2n) is 12.7. The fourth-order valence-electron chi connectivity index (χ4n) is 6.98. The summed E-state index contributed by atoms with van der Waals surface area (Å²) < 4.78 is 46.4. The van der Waals surface area contributed by atoms with Crippen LogP contribution in [0.25, 0.3) is 0 Å². The van der Waals surface area contributed by atoms with Crippen molar-refractivity contribution in [1.29, 1.82) is 0 Å². The van der Waals surface area contributed by atoms with Crippen LogP contribution in [0.1, 0.15) is 52.9 Å². The predicted molar refractivity (Wildman–Crippen MR) is 177 cm³/mol. The number of likely N-dealkylation sites (tertiary alicyclic amines) is 1. The van der Waals surface area contributed by atoms with Crippen LogP contribution in [-0.2, 0) is 15.9 Å². The highest BCUT2D eigenvalue weighted by Gasteiger charge is 2.44. The molecule has 5 N–H and O–H groups in total. The van der Waals surface area contributed by atoms with E-state index in [9.17, 15) is 24.1 Å². The number of aliphatic hydroxyl groups excluding tert-OH is 3. The summed E-state index contributed by atoms with van der Waals surface area (Å²) in [7, 11) is 0. The highest BCUT2D eigenvalue weighted by atomic mass is 35.5. The van der Waals surface area contributed by atoms with E-state index in [1.165, 1.54) is 11.8 Å². The SMILES string of the molecule is CS[C@H]1O[C@@H](c2ccc(Cl)c(Cc3ccc(O[C@@H]4CCN([C@H]5CO[C@H](c6cc(F)ccc6F)[C@@H](N)C5)C4)cc3)c2C)[C@H](O)[C@@H](O)[C@@H]1O. The van der Waals surface area contributed by atoms with Gasteiger partial charge in [-0.25, -0.2) is 8.78 Å². The molecule has 254 valence electrons. The van der Waals surface area contributed by atoms with Crippen LogP contribution in [0.3, 0.4) is 0 Å². The Morgan fingerprint density at radius 3 is 2.49 bits per heavy atom. The minimum absolute atomic E-state index is 0.00951. The molecule has 0 aromatic heterocycles. The quantitative estimate of drug-likeness (QED) is 0.268. The number of halogens is 3. The fourth-order valence-corrected chi connectivity index (χ4v) is 7.93. The molecular weight excluding hydrogens is 650 g/mol. The Kier molecular flexibility index (Phi) is 10.8. The maximum Gasteiger partial charge on any atom is 0.132 e. The van der Waals surface area contributed by atoms with Gasteiger partial charge >= 0.3 is 0 Å². The molecule has 3 fully saturated rings. The number of nitrogens with two attached hydrogens (primary N) is 1. The molecule has 3 aliphatic heterocycles. The number of rotatable bonds is 8. The van der Waals surface area contributed by atoms with Crippen molar-refractivity contribution in [3.05, 3.63) is 99.1 Å². The molecule has 0 amide bonds. The zero-order valence-corrected chi connectivity index (χ0v) is 27.8. The lowest BCUT2D eigenvalue weighted by atomic mass is 9.88. The Labute approximate surface area is 282 Å². The smallest absolute Gasteiger partial charge is 0.132 e. The van der Waals surface area contributed by atoms with E-state index in [1.54, 1.807) is 18.4 Å². The van der Waals surface area contributed by atoms with Crippen LogP contribution in [0.4, 0.5) is 8.78 Å². The van der Waals surface area contributed by atoms with Gasteiger partial charge in [-0.05, 0) is 91.1 Å². The first-order valence-corrected chi connectivity index (χ1v) is 17.5. The Hall–Kier alpha value is -2.32. The van der Waals surface area contributed by atoms with E-state index >= 15 is 0 Å². The molecule has 0 spiro atoms. The molecule has 3 aromatic carbocycles. The van der Waals surface area contributed by atoms with Crippen molar-refractivity contribution in [1.82, 2.24) is 4.90 Å². The van der Waals surface area contributed by atoms with Crippen LogP contribution in [0, 0.1) is 18.6 Å². The average molecular weight is 691 g/mol. The lowest BCUT2D eigenvalue weighted by Gasteiger charge is -2.40. The number of ether oxygens (including phenoxy) is 3. The van der Waals surface area contributed by atoms with Crippen LogP contribution in [0.2, 0.25) is 5.02 Å². The third kappa shape index (κ3) is 7.34. The molecule has 3 aliphatic rings. The van der Waals surface area contributed by atoms with Gasteiger partial charge in [0.15, 0.2) is 0 Å². The molecule has 12 heteroatoms. The third-order valence-electron chi connectivity index (χ3n) is 9.66. The molecule has 0 bridgehead atoms. The minimum atomic E-state index is -1.33. The molecule has 0 aliphatic carbocycles. The summed E-state index contributed by atoms with van der Waals surface area (Å²) in [4.78, 5) is 2.29. The maximum absolute atomic E-state index is 14.3. The van der Waals surface area contributed by atoms with Gasteiger partial charge in [0, 0.05) is 35.8 Å². The topological polar surface area (TPSA) is 118 Å². The molecule has 6 rings (SSSR count). The lowest BCUT2D eigenvalue weighted by molar-refractivity contribution is -0.200. The van der Waals surface area contributed by atoms with E-state index in [4.69, 9.17) is 31.5 Å². The molecule has 9 atom stereocenters. The first-order valence-electron chi connectivity index (χ1n) is 15.9. The van der Waals surface area contributed by atoms with Crippen LogP contribution >= 0.6 is 23.4 Å². The Morgan fingerprint density at radius 2 is 1.77 bits per heavy atom.